The van der Waals surface area contributed by atoms with Gasteiger partial charge in [0, 0.05) is 11.6 Å². The molecule has 0 fully saturated rings. The molecule has 18 heavy (non-hydrogen) atoms. The first-order valence-electron chi connectivity index (χ1n) is 5.19. The van der Waals surface area contributed by atoms with Crippen LogP contribution in [0.5, 0.6) is 0 Å². The van der Waals surface area contributed by atoms with Crippen molar-refractivity contribution in [1.82, 2.24) is 4.72 Å². The molecular weight excluding hydrogens is 278 g/mol. The zero-order valence-electron chi connectivity index (χ0n) is 10.1. The topological polar surface area (TPSA) is 72.5 Å². The molecule has 1 aromatic carbocycles. The maximum atomic E-state index is 11.8. The third kappa shape index (κ3) is 3.97. The van der Waals surface area contributed by atoms with Crippen molar-refractivity contribution in [3.63, 3.8) is 0 Å². The minimum atomic E-state index is -3.65. The summed E-state index contributed by atoms with van der Waals surface area (Å²) in [6.07, 6.45) is -0.0185. The third-order valence-electron chi connectivity index (χ3n) is 2.30. The van der Waals surface area contributed by atoms with Gasteiger partial charge in [0.1, 0.15) is 0 Å². The summed E-state index contributed by atoms with van der Waals surface area (Å²) in [5.74, 6) is -0.473. The molecular formula is C11H14ClNO4S. The highest BCUT2D eigenvalue weighted by Crippen LogP contribution is 2.19. The summed E-state index contributed by atoms with van der Waals surface area (Å²) in [6, 6.07) is 4.45. The molecule has 0 saturated heterocycles. The summed E-state index contributed by atoms with van der Waals surface area (Å²) in [5, 5.41) is 0.380. The molecule has 0 amide bonds. The molecule has 1 N–H and O–H groups in total. The average Bonchev–Trinajstić information content (AvgIpc) is 2.32. The molecule has 5 nitrogen and oxygen atoms in total. The van der Waals surface area contributed by atoms with Gasteiger partial charge in [-0.15, -0.1) is 0 Å². The number of methoxy groups -OCH3 is 1. The first kappa shape index (κ1) is 14.9. The van der Waals surface area contributed by atoms with Gasteiger partial charge in [0.25, 0.3) is 0 Å². The van der Waals surface area contributed by atoms with Crippen LogP contribution in [-0.2, 0) is 19.6 Å². The minimum Gasteiger partial charge on any atom is -0.469 e. The fraction of sp³-hybridized carbons (Fsp3) is 0.364. The number of esters is 1. The number of sulfonamides is 1. The zero-order chi connectivity index (χ0) is 13.8. The number of hydrogen-bond donors (Lipinski definition) is 1. The molecule has 1 aromatic rings. The second-order valence-electron chi connectivity index (χ2n) is 3.63. The summed E-state index contributed by atoms with van der Waals surface area (Å²) >= 11 is 5.86. The Hall–Kier alpha value is -1.11. The lowest BCUT2D eigenvalue weighted by Crippen LogP contribution is -2.26. The van der Waals surface area contributed by atoms with Crippen molar-refractivity contribution in [3.8, 4) is 0 Å². The summed E-state index contributed by atoms with van der Waals surface area (Å²) < 4.78 is 30.4. The van der Waals surface area contributed by atoms with E-state index in [9.17, 15) is 13.2 Å². The summed E-state index contributed by atoms with van der Waals surface area (Å²) in [7, 11) is -2.40. The van der Waals surface area contributed by atoms with Crippen molar-refractivity contribution in [1.29, 1.82) is 0 Å². The number of aryl methyl sites for hydroxylation is 1. The molecule has 0 saturated carbocycles. The van der Waals surface area contributed by atoms with Crippen molar-refractivity contribution in [2.75, 3.05) is 13.7 Å². The van der Waals surface area contributed by atoms with E-state index < -0.39 is 16.0 Å². The van der Waals surface area contributed by atoms with E-state index in [1.165, 1.54) is 19.2 Å². The Kier molecular flexibility index (Phi) is 5.13. The highest BCUT2D eigenvalue weighted by atomic mass is 35.5. The van der Waals surface area contributed by atoms with Crippen molar-refractivity contribution >= 4 is 27.6 Å². The van der Waals surface area contributed by atoms with Crippen LogP contribution >= 0.6 is 11.6 Å². The van der Waals surface area contributed by atoms with E-state index >= 15 is 0 Å². The smallest absolute Gasteiger partial charge is 0.306 e. The summed E-state index contributed by atoms with van der Waals surface area (Å²) in [4.78, 5) is 10.9. The Morgan fingerprint density at radius 3 is 2.67 bits per heavy atom. The van der Waals surface area contributed by atoms with E-state index in [-0.39, 0.29) is 17.9 Å². The highest BCUT2D eigenvalue weighted by molar-refractivity contribution is 7.89. The van der Waals surface area contributed by atoms with Crippen LogP contribution in [0.4, 0.5) is 0 Å². The molecule has 0 unspecified atom stereocenters. The Balaban J connectivity index is 2.74. The maximum Gasteiger partial charge on any atom is 0.306 e. The summed E-state index contributed by atoms with van der Waals surface area (Å²) in [5.41, 5.74) is 0.796. The third-order valence-corrected chi connectivity index (χ3v) is 4.17. The van der Waals surface area contributed by atoms with E-state index in [0.29, 0.717) is 5.02 Å². The number of rotatable bonds is 5. The summed E-state index contributed by atoms with van der Waals surface area (Å²) in [6.45, 7) is 1.77. The molecule has 0 radical (unpaired) electrons. The normalized spacial score (nSPS) is 11.3. The van der Waals surface area contributed by atoms with Gasteiger partial charge in [-0.2, -0.15) is 0 Å². The van der Waals surface area contributed by atoms with Crippen LogP contribution in [0.2, 0.25) is 5.02 Å². The minimum absolute atomic E-state index is 0.0134. The standard InChI is InChI=1S/C11H14ClNO4S/c1-8-3-4-9(7-10(8)12)18(15,16)13-6-5-11(14)17-2/h3-4,7,13H,5-6H2,1-2H3. The fourth-order valence-electron chi connectivity index (χ4n) is 1.21. The predicted octanol–water partition coefficient (Wildman–Crippen LogP) is 1.49. The lowest BCUT2D eigenvalue weighted by atomic mass is 10.2. The van der Waals surface area contributed by atoms with E-state index in [0.717, 1.165) is 5.56 Å². The van der Waals surface area contributed by atoms with Crippen molar-refractivity contribution in [2.45, 2.75) is 18.2 Å². The second kappa shape index (κ2) is 6.17. The van der Waals surface area contributed by atoms with Crippen LogP contribution < -0.4 is 4.72 Å². The van der Waals surface area contributed by atoms with Gasteiger partial charge in [-0.3, -0.25) is 4.79 Å². The number of benzene rings is 1. The van der Waals surface area contributed by atoms with Gasteiger partial charge in [-0.05, 0) is 24.6 Å². The Labute approximate surface area is 111 Å². The SMILES string of the molecule is COC(=O)CCNS(=O)(=O)c1ccc(C)c(Cl)c1. The van der Waals surface area contributed by atoms with Gasteiger partial charge in [0.2, 0.25) is 10.0 Å². The van der Waals surface area contributed by atoms with Crippen LogP contribution in [0.15, 0.2) is 23.1 Å². The maximum absolute atomic E-state index is 11.8. The molecule has 0 heterocycles. The van der Waals surface area contributed by atoms with E-state index in [1.54, 1.807) is 13.0 Å². The Morgan fingerprint density at radius 2 is 2.11 bits per heavy atom. The van der Waals surface area contributed by atoms with Crippen molar-refractivity contribution < 1.29 is 17.9 Å². The Morgan fingerprint density at radius 1 is 1.44 bits per heavy atom. The van der Waals surface area contributed by atoms with Crippen LogP contribution in [0.3, 0.4) is 0 Å². The predicted molar refractivity (Wildman–Crippen MR) is 68.0 cm³/mol. The highest BCUT2D eigenvalue weighted by Gasteiger charge is 2.15. The van der Waals surface area contributed by atoms with Gasteiger partial charge in [0.15, 0.2) is 0 Å². The number of ether oxygens (including phenoxy) is 1. The van der Waals surface area contributed by atoms with Crippen molar-refractivity contribution in [2.24, 2.45) is 0 Å². The number of halogens is 1. The molecule has 100 valence electrons. The molecule has 0 aliphatic carbocycles. The van der Waals surface area contributed by atoms with Crippen molar-refractivity contribution in [3.05, 3.63) is 28.8 Å². The Bertz CT molecular complexity index is 542. The fourth-order valence-corrected chi connectivity index (χ4v) is 2.52. The van der Waals surface area contributed by atoms with Gasteiger partial charge in [-0.1, -0.05) is 17.7 Å². The van der Waals surface area contributed by atoms with E-state index in [2.05, 4.69) is 9.46 Å². The number of nitrogens with one attached hydrogen (secondary N) is 1. The second-order valence-corrected chi connectivity index (χ2v) is 5.81. The molecule has 0 aromatic heterocycles. The largest absolute Gasteiger partial charge is 0.469 e. The average molecular weight is 292 g/mol. The molecule has 0 aliphatic heterocycles. The van der Waals surface area contributed by atoms with Crippen LogP contribution in [0, 0.1) is 6.92 Å². The zero-order valence-corrected chi connectivity index (χ0v) is 11.6. The van der Waals surface area contributed by atoms with E-state index in [4.69, 9.17) is 11.6 Å². The lowest BCUT2D eigenvalue weighted by molar-refractivity contribution is -0.140. The quantitative estimate of drug-likeness (QED) is 0.834. The number of hydrogen-bond acceptors (Lipinski definition) is 4. The molecule has 0 spiro atoms. The first-order chi connectivity index (χ1) is 8.36. The van der Waals surface area contributed by atoms with Gasteiger partial charge >= 0.3 is 5.97 Å². The molecule has 0 bridgehead atoms. The van der Waals surface area contributed by atoms with E-state index in [1.807, 2.05) is 0 Å². The number of carbonyl (C=O) groups excluding carboxylic acids is 1. The molecule has 7 heteroatoms. The van der Waals surface area contributed by atoms with Gasteiger partial charge < -0.3 is 4.74 Å². The number of carbonyl (C=O) groups is 1. The monoisotopic (exact) mass is 291 g/mol. The molecule has 0 aliphatic rings. The first-order valence-corrected chi connectivity index (χ1v) is 7.05. The van der Waals surface area contributed by atoms with Crippen LogP contribution in [0.25, 0.3) is 0 Å². The molecule has 0 atom stereocenters. The molecule has 1 rings (SSSR count). The van der Waals surface area contributed by atoms with Gasteiger partial charge in [0.05, 0.1) is 18.4 Å². The van der Waals surface area contributed by atoms with Crippen LogP contribution in [-0.4, -0.2) is 28.0 Å². The van der Waals surface area contributed by atoms with Crippen LogP contribution in [0.1, 0.15) is 12.0 Å². The lowest BCUT2D eigenvalue weighted by Gasteiger charge is -2.07. The van der Waals surface area contributed by atoms with Gasteiger partial charge in [-0.25, -0.2) is 13.1 Å².